The molecular weight excluding hydrogens is 276 g/mol. The van der Waals surface area contributed by atoms with E-state index in [2.05, 4.69) is 17.8 Å². The summed E-state index contributed by atoms with van der Waals surface area (Å²) >= 11 is 0. The lowest BCUT2D eigenvalue weighted by atomic mass is 10.1. The van der Waals surface area contributed by atoms with E-state index in [0.717, 1.165) is 16.8 Å². The van der Waals surface area contributed by atoms with Crippen molar-refractivity contribution in [3.63, 3.8) is 0 Å². The van der Waals surface area contributed by atoms with E-state index in [1.807, 2.05) is 44.0 Å². The van der Waals surface area contributed by atoms with Gasteiger partial charge in [-0.2, -0.15) is 0 Å². The molecule has 0 atom stereocenters. The third-order valence-electron chi connectivity index (χ3n) is 3.09. The first-order valence-corrected chi connectivity index (χ1v) is 7.28. The quantitative estimate of drug-likeness (QED) is 0.592. The number of ether oxygens (including phenoxy) is 1. The molecule has 1 rings (SSSR count). The van der Waals surface area contributed by atoms with Crippen molar-refractivity contribution in [2.45, 2.75) is 33.4 Å². The number of allylic oxidation sites excluding steroid dienone is 1. The van der Waals surface area contributed by atoms with Gasteiger partial charge in [0.25, 0.3) is 0 Å². The number of terminal acetylenes is 1. The van der Waals surface area contributed by atoms with Crippen molar-refractivity contribution >= 4 is 11.6 Å². The second-order valence-electron chi connectivity index (χ2n) is 5.25. The lowest BCUT2D eigenvalue weighted by Crippen LogP contribution is -2.19. The fraction of sp³-hybridized carbons (Fsp3) is 0.389. The van der Waals surface area contributed by atoms with E-state index in [0.29, 0.717) is 31.9 Å². The molecule has 0 saturated carbocycles. The van der Waals surface area contributed by atoms with E-state index in [1.54, 1.807) is 0 Å². The van der Waals surface area contributed by atoms with Crippen LogP contribution in [-0.4, -0.2) is 24.4 Å². The number of nitrogens with zero attached hydrogens (tertiary/aromatic N) is 1. The highest BCUT2D eigenvalue weighted by molar-refractivity contribution is 5.90. The van der Waals surface area contributed by atoms with Gasteiger partial charge >= 0.3 is 0 Å². The molecule has 0 spiro atoms. The second-order valence-corrected chi connectivity index (χ2v) is 5.25. The van der Waals surface area contributed by atoms with E-state index < -0.39 is 0 Å². The highest BCUT2D eigenvalue weighted by Crippen LogP contribution is 2.19. The van der Waals surface area contributed by atoms with Crippen molar-refractivity contribution in [3.05, 3.63) is 41.7 Å². The van der Waals surface area contributed by atoms with E-state index in [-0.39, 0.29) is 5.91 Å². The summed E-state index contributed by atoms with van der Waals surface area (Å²) in [6.07, 6.45) is 5.80. The highest BCUT2D eigenvalue weighted by atomic mass is 16.5. The van der Waals surface area contributed by atoms with Crippen molar-refractivity contribution in [3.8, 4) is 12.3 Å². The highest BCUT2D eigenvalue weighted by Gasteiger charge is 2.09. The van der Waals surface area contributed by atoms with Crippen LogP contribution in [0.5, 0.6) is 0 Å². The zero-order chi connectivity index (χ0) is 16.5. The van der Waals surface area contributed by atoms with E-state index in [9.17, 15) is 4.79 Å². The Morgan fingerprint density at radius 1 is 1.45 bits per heavy atom. The molecule has 4 nitrogen and oxygen atoms in total. The van der Waals surface area contributed by atoms with Gasteiger partial charge in [0.05, 0.1) is 12.3 Å². The van der Waals surface area contributed by atoms with Crippen LogP contribution in [0.3, 0.4) is 0 Å². The van der Waals surface area contributed by atoms with Crippen molar-refractivity contribution in [1.29, 1.82) is 0 Å². The molecule has 0 bridgehead atoms. The Morgan fingerprint density at radius 3 is 2.77 bits per heavy atom. The standard InChI is InChI=1S/C18H24N2O2/c1-6-10-20(5)12-16-11-17(19-18(21)7-2)9-8-15(16)13-22-14(3)4/h1,8-9,11H,3,7,10,12-13H2,2,4-5H3,(H,19,21). The van der Waals surface area contributed by atoms with Crippen molar-refractivity contribution in [1.82, 2.24) is 4.90 Å². The number of amides is 1. The largest absolute Gasteiger partial charge is 0.494 e. The van der Waals surface area contributed by atoms with Gasteiger partial charge in [-0.25, -0.2) is 0 Å². The fourth-order valence-electron chi connectivity index (χ4n) is 1.94. The number of hydrogen-bond acceptors (Lipinski definition) is 3. The minimum Gasteiger partial charge on any atom is -0.494 e. The summed E-state index contributed by atoms with van der Waals surface area (Å²) in [4.78, 5) is 13.6. The number of hydrogen-bond donors (Lipinski definition) is 1. The number of anilines is 1. The molecule has 1 aromatic carbocycles. The zero-order valence-corrected chi connectivity index (χ0v) is 13.6. The van der Waals surface area contributed by atoms with Gasteiger partial charge in [-0.15, -0.1) is 6.42 Å². The molecule has 118 valence electrons. The molecule has 4 heteroatoms. The lowest BCUT2D eigenvalue weighted by Gasteiger charge is -2.18. The zero-order valence-electron chi connectivity index (χ0n) is 13.6. The van der Waals surface area contributed by atoms with Gasteiger partial charge < -0.3 is 10.1 Å². The molecule has 0 aliphatic heterocycles. The Kier molecular flexibility index (Phi) is 7.21. The molecule has 0 aliphatic rings. The van der Waals surface area contributed by atoms with Crippen LogP contribution in [-0.2, 0) is 22.7 Å². The average Bonchev–Trinajstić information content (AvgIpc) is 2.46. The van der Waals surface area contributed by atoms with Crippen LogP contribution < -0.4 is 5.32 Å². The van der Waals surface area contributed by atoms with E-state index >= 15 is 0 Å². The van der Waals surface area contributed by atoms with Crippen molar-refractivity contribution in [2.75, 3.05) is 18.9 Å². The normalized spacial score (nSPS) is 10.1. The maximum Gasteiger partial charge on any atom is 0.224 e. The molecule has 0 aliphatic carbocycles. The Morgan fingerprint density at radius 2 is 2.18 bits per heavy atom. The second kappa shape index (κ2) is 8.91. The predicted octanol–water partition coefficient (Wildman–Crippen LogP) is 3.15. The number of rotatable bonds is 8. The summed E-state index contributed by atoms with van der Waals surface area (Å²) in [6, 6.07) is 5.82. The van der Waals surface area contributed by atoms with Gasteiger partial charge in [0.2, 0.25) is 5.91 Å². The van der Waals surface area contributed by atoms with Crippen LogP contribution in [0.25, 0.3) is 0 Å². The molecule has 1 amide bonds. The Bertz CT molecular complexity index is 573. The summed E-state index contributed by atoms with van der Waals surface area (Å²) in [5, 5.41) is 2.87. The van der Waals surface area contributed by atoms with Crippen LogP contribution >= 0.6 is 0 Å². The SMILES string of the molecule is C#CCN(C)Cc1cc(NC(=O)CC)ccc1COC(=C)C. The third kappa shape index (κ3) is 6.02. The maximum atomic E-state index is 11.5. The third-order valence-corrected chi connectivity index (χ3v) is 3.09. The summed E-state index contributed by atoms with van der Waals surface area (Å²) in [6.45, 7) is 9.09. The van der Waals surface area contributed by atoms with Crippen LogP contribution in [0.15, 0.2) is 30.5 Å². The molecule has 0 aromatic heterocycles. The first kappa shape index (κ1) is 17.8. The minimum atomic E-state index is -0.00568. The Balaban J connectivity index is 2.96. The molecule has 0 radical (unpaired) electrons. The Hall–Kier alpha value is -2.25. The number of nitrogens with one attached hydrogen (secondary N) is 1. The van der Waals surface area contributed by atoms with Gasteiger partial charge in [0.15, 0.2) is 0 Å². The summed E-state index contributed by atoms with van der Waals surface area (Å²) in [5.41, 5.74) is 2.92. The Labute approximate surface area is 133 Å². The number of carbonyl (C=O) groups is 1. The molecule has 0 unspecified atom stereocenters. The van der Waals surface area contributed by atoms with Gasteiger partial charge in [-0.05, 0) is 37.2 Å². The van der Waals surface area contributed by atoms with Gasteiger partial charge in [-0.3, -0.25) is 9.69 Å². The molecule has 22 heavy (non-hydrogen) atoms. The van der Waals surface area contributed by atoms with E-state index in [4.69, 9.17) is 11.2 Å². The summed E-state index contributed by atoms with van der Waals surface area (Å²) < 4.78 is 5.51. The molecule has 1 N–H and O–H groups in total. The fourth-order valence-corrected chi connectivity index (χ4v) is 1.94. The van der Waals surface area contributed by atoms with Gasteiger partial charge in [0, 0.05) is 18.7 Å². The van der Waals surface area contributed by atoms with Crippen LogP contribution in [0.2, 0.25) is 0 Å². The summed E-state index contributed by atoms with van der Waals surface area (Å²) in [7, 11) is 1.96. The first-order chi connectivity index (χ1) is 10.5. The maximum absolute atomic E-state index is 11.5. The first-order valence-electron chi connectivity index (χ1n) is 7.28. The number of benzene rings is 1. The topological polar surface area (TPSA) is 41.6 Å². The minimum absolute atomic E-state index is 0.00568. The summed E-state index contributed by atoms with van der Waals surface area (Å²) in [5.74, 6) is 3.29. The lowest BCUT2D eigenvalue weighted by molar-refractivity contribution is -0.115. The monoisotopic (exact) mass is 300 g/mol. The predicted molar refractivity (Wildman–Crippen MR) is 90.1 cm³/mol. The van der Waals surface area contributed by atoms with Crippen LogP contribution in [0.1, 0.15) is 31.4 Å². The molecular formula is C18H24N2O2. The van der Waals surface area contributed by atoms with Crippen molar-refractivity contribution in [2.24, 2.45) is 0 Å². The number of carbonyl (C=O) groups excluding carboxylic acids is 1. The van der Waals surface area contributed by atoms with Crippen LogP contribution in [0.4, 0.5) is 5.69 Å². The molecule has 0 saturated heterocycles. The molecule has 0 heterocycles. The van der Waals surface area contributed by atoms with Crippen LogP contribution in [0, 0.1) is 12.3 Å². The van der Waals surface area contributed by atoms with Gasteiger partial charge in [0.1, 0.15) is 6.61 Å². The molecule has 1 aromatic rings. The van der Waals surface area contributed by atoms with Crippen molar-refractivity contribution < 1.29 is 9.53 Å². The smallest absolute Gasteiger partial charge is 0.224 e. The average molecular weight is 300 g/mol. The van der Waals surface area contributed by atoms with E-state index in [1.165, 1.54) is 0 Å². The molecule has 0 fully saturated rings. The van der Waals surface area contributed by atoms with Gasteiger partial charge in [-0.1, -0.05) is 25.5 Å².